The zero-order valence-corrected chi connectivity index (χ0v) is 15.1. The van der Waals surface area contributed by atoms with Crippen molar-refractivity contribution in [3.05, 3.63) is 18.0 Å². The van der Waals surface area contributed by atoms with E-state index in [1.54, 1.807) is 16.7 Å². The molecule has 2 amide bonds. The van der Waals surface area contributed by atoms with Crippen LogP contribution >= 0.6 is 0 Å². The van der Waals surface area contributed by atoms with E-state index in [-0.39, 0.29) is 25.0 Å². The number of alkyl halides is 3. The minimum Gasteiger partial charge on any atom is -0.445 e. The highest BCUT2D eigenvalue weighted by molar-refractivity contribution is 5.77. The highest BCUT2D eigenvalue weighted by Gasteiger charge is 2.32. The fraction of sp³-hybridized carbons (Fsp3) is 0.600. The molecule has 3 N–H and O–H groups in total. The molecular weight excluding hydrogens is 385 g/mol. The Bertz CT molecular complexity index is 665. The predicted molar refractivity (Wildman–Crippen MR) is 89.9 cm³/mol. The molecule has 1 saturated heterocycles. The lowest BCUT2D eigenvalue weighted by molar-refractivity contribution is -0.140. The number of rotatable bonds is 7. The van der Waals surface area contributed by atoms with Crippen molar-refractivity contribution in [2.24, 2.45) is 5.73 Å². The van der Waals surface area contributed by atoms with E-state index in [1.165, 1.54) is 0 Å². The number of piperazine rings is 1. The van der Waals surface area contributed by atoms with Gasteiger partial charge in [-0.15, -0.1) is 0 Å². The number of ether oxygens (including phenoxy) is 1. The van der Waals surface area contributed by atoms with E-state index in [9.17, 15) is 22.8 Å². The molecule has 28 heavy (non-hydrogen) atoms. The number of carbonyl (C=O) groups excluding carboxylic acids is 2. The Hall–Kier alpha value is -2.67. The number of carbonyl (C=O) groups is 2. The Morgan fingerprint density at radius 2 is 1.86 bits per heavy atom. The number of hydroxylamine groups is 1. The second-order valence-corrected chi connectivity index (χ2v) is 6.02. The molecular formula is C15H21F3N6O4. The van der Waals surface area contributed by atoms with E-state index >= 15 is 0 Å². The average molecular weight is 406 g/mol. The molecule has 0 aliphatic carbocycles. The van der Waals surface area contributed by atoms with E-state index in [0.29, 0.717) is 26.2 Å². The van der Waals surface area contributed by atoms with Crippen LogP contribution < -0.4 is 16.1 Å². The number of hydrogen-bond acceptors (Lipinski definition) is 8. The van der Waals surface area contributed by atoms with Crippen LogP contribution in [0.1, 0.15) is 12.5 Å². The Morgan fingerprint density at radius 1 is 1.25 bits per heavy atom. The minimum atomic E-state index is -4.48. The van der Waals surface area contributed by atoms with E-state index < -0.39 is 23.9 Å². The van der Waals surface area contributed by atoms with Gasteiger partial charge in [0.1, 0.15) is 12.7 Å². The summed E-state index contributed by atoms with van der Waals surface area (Å²) in [7, 11) is 0. The molecule has 10 nitrogen and oxygen atoms in total. The van der Waals surface area contributed by atoms with Crippen LogP contribution in [-0.4, -0.2) is 72.3 Å². The van der Waals surface area contributed by atoms with Crippen LogP contribution in [0.5, 0.6) is 0 Å². The Balaban J connectivity index is 1.71. The first-order valence-corrected chi connectivity index (χ1v) is 8.39. The van der Waals surface area contributed by atoms with Gasteiger partial charge >= 0.3 is 12.3 Å². The van der Waals surface area contributed by atoms with Crippen LogP contribution in [0.2, 0.25) is 0 Å². The predicted octanol–water partition coefficient (Wildman–Crippen LogP) is 0.149. The van der Waals surface area contributed by atoms with E-state index in [2.05, 4.69) is 20.2 Å². The van der Waals surface area contributed by atoms with Crippen molar-refractivity contribution in [1.29, 1.82) is 0 Å². The van der Waals surface area contributed by atoms with Gasteiger partial charge in [0, 0.05) is 38.6 Å². The van der Waals surface area contributed by atoms with Gasteiger partial charge in [-0.3, -0.25) is 9.63 Å². The molecule has 2 rings (SSSR count). The molecule has 1 aliphatic heterocycles. The fourth-order valence-electron chi connectivity index (χ4n) is 2.41. The van der Waals surface area contributed by atoms with Gasteiger partial charge in [0.2, 0.25) is 5.95 Å². The maximum atomic E-state index is 12.5. The van der Waals surface area contributed by atoms with Gasteiger partial charge in [-0.25, -0.2) is 14.8 Å². The van der Waals surface area contributed by atoms with Crippen LogP contribution in [0.4, 0.5) is 23.9 Å². The second kappa shape index (κ2) is 9.50. The van der Waals surface area contributed by atoms with Gasteiger partial charge < -0.3 is 20.3 Å². The minimum absolute atomic E-state index is 0.162. The number of aromatic nitrogens is 2. The van der Waals surface area contributed by atoms with Gasteiger partial charge in [-0.2, -0.15) is 18.7 Å². The lowest BCUT2D eigenvalue weighted by atomic mass is 10.3. The van der Waals surface area contributed by atoms with Gasteiger partial charge in [-0.05, 0) is 6.92 Å². The van der Waals surface area contributed by atoms with E-state index in [1.807, 2.05) is 0 Å². The molecule has 1 unspecified atom stereocenters. The Morgan fingerprint density at radius 3 is 2.39 bits per heavy atom. The molecule has 1 fully saturated rings. The van der Waals surface area contributed by atoms with Gasteiger partial charge in [-0.1, -0.05) is 0 Å². The van der Waals surface area contributed by atoms with Crippen LogP contribution in [0.3, 0.4) is 0 Å². The Labute approximate surface area is 158 Å². The first-order valence-electron chi connectivity index (χ1n) is 8.39. The lowest BCUT2D eigenvalue weighted by Gasteiger charge is -2.34. The quantitative estimate of drug-likeness (QED) is 0.485. The van der Waals surface area contributed by atoms with Crippen molar-refractivity contribution < 1.29 is 32.3 Å². The molecule has 0 radical (unpaired) electrons. The number of amides is 2. The first kappa shape index (κ1) is 21.6. The van der Waals surface area contributed by atoms with Crippen LogP contribution in [0.25, 0.3) is 0 Å². The third-order valence-electron chi connectivity index (χ3n) is 3.87. The summed E-state index contributed by atoms with van der Waals surface area (Å²) < 4.78 is 42.3. The number of nitrogens with zero attached hydrogens (tertiary/aromatic N) is 4. The summed E-state index contributed by atoms with van der Waals surface area (Å²) in [6.07, 6.45) is -4.42. The largest absolute Gasteiger partial charge is 0.445 e. The second-order valence-electron chi connectivity index (χ2n) is 6.02. The van der Waals surface area contributed by atoms with Gasteiger partial charge in [0.15, 0.2) is 0 Å². The van der Waals surface area contributed by atoms with Crippen molar-refractivity contribution in [2.75, 3.05) is 44.2 Å². The van der Waals surface area contributed by atoms with Crippen LogP contribution in [0.15, 0.2) is 12.4 Å². The molecule has 156 valence electrons. The van der Waals surface area contributed by atoms with Crippen molar-refractivity contribution in [3.8, 4) is 0 Å². The summed E-state index contributed by atoms with van der Waals surface area (Å²) in [6, 6.07) is 0. The lowest BCUT2D eigenvalue weighted by Crippen LogP contribution is -2.50. The molecule has 1 aromatic rings. The molecule has 13 heteroatoms. The molecule has 0 aromatic carbocycles. The Kier molecular flexibility index (Phi) is 7.34. The number of nitrogens with one attached hydrogen (secondary N) is 1. The highest BCUT2D eigenvalue weighted by atomic mass is 19.4. The SMILES string of the molecule is CC(CNOCC(=O)N1CCN(c2ncc(C(F)(F)F)cn2)CC1)OC(N)=O. The normalized spacial score (nSPS) is 16.0. The number of primary amides is 1. The molecule has 1 aromatic heterocycles. The number of nitrogens with two attached hydrogens (primary N) is 1. The van der Waals surface area contributed by atoms with Gasteiger partial charge in [0.05, 0.1) is 12.1 Å². The standard InChI is InChI=1S/C15H21F3N6O4/c1-10(28-13(19)26)6-22-27-9-12(25)23-2-4-24(5-3-23)14-20-7-11(8-21-14)15(16,17)18/h7-8,10,22H,2-6,9H2,1H3,(H2,19,26). The number of hydrogen-bond donors (Lipinski definition) is 2. The molecule has 0 saturated carbocycles. The summed E-state index contributed by atoms with van der Waals surface area (Å²) in [5, 5.41) is 0. The van der Waals surface area contributed by atoms with E-state index in [0.717, 1.165) is 12.4 Å². The monoisotopic (exact) mass is 406 g/mol. The zero-order chi connectivity index (χ0) is 20.7. The third-order valence-corrected chi connectivity index (χ3v) is 3.87. The summed E-state index contributed by atoms with van der Waals surface area (Å²) in [5.74, 6) is -0.0783. The summed E-state index contributed by atoms with van der Waals surface area (Å²) in [6.45, 7) is 3.02. The smallest absolute Gasteiger partial charge is 0.419 e. The summed E-state index contributed by atoms with van der Waals surface area (Å²) in [4.78, 5) is 38.5. The average Bonchev–Trinajstić information content (AvgIpc) is 2.64. The molecule has 0 spiro atoms. The highest BCUT2D eigenvalue weighted by Crippen LogP contribution is 2.28. The van der Waals surface area contributed by atoms with Crippen LogP contribution in [-0.2, 0) is 20.5 Å². The van der Waals surface area contributed by atoms with Crippen molar-refractivity contribution >= 4 is 17.9 Å². The van der Waals surface area contributed by atoms with Gasteiger partial charge in [0.25, 0.3) is 5.91 Å². The summed E-state index contributed by atoms with van der Waals surface area (Å²) in [5.41, 5.74) is 6.47. The van der Waals surface area contributed by atoms with Crippen molar-refractivity contribution in [3.63, 3.8) is 0 Å². The van der Waals surface area contributed by atoms with Crippen LogP contribution in [0, 0.1) is 0 Å². The van der Waals surface area contributed by atoms with Crippen molar-refractivity contribution in [1.82, 2.24) is 20.3 Å². The molecule has 2 heterocycles. The molecule has 1 aliphatic rings. The summed E-state index contributed by atoms with van der Waals surface area (Å²) >= 11 is 0. The zero-order valence-electron chi connectivity index (χ0n) is 15.1. The maximum absolute atomic E-state index is 12.5. The third kappa shape index (κ3) is 6.49. The maximum Gasteiger partial charge on any atom is 0.419 e. The number of halogens is 3. The fourth-order valence-corrected chi connectivity index (χ4v) is 2.41. The number of anilines is 1. The topological polar surface area (TPSA) is 123 Å². The molecule has 0 bridgehead atoms. The van der Waals surface area contributed by atoms with E-state index in [4.69, 9.17) is 10.6 Å². The first-order chi connectivity index (χ1) is 13.2. The van der Waals surface area contributed by atoms with Crippen molar-refractivity contribution in [2.45, 2.75) is 19.2 Å². The molecule has 1 atom stereocenters.